The van der Waals surface area contributed by atoms with Crippen LogP contribution in [0.2, 0.25) is 0 Å². The molecule has 0 radical (unpaired) electrons. The fourth-order valence-electron chi connectivity index (χ4n) is 2.64. The fraction of sp³-hybridized carbons (Fsp3) is 0.190. The number of nitrogens with one attached hydrogen (secondary N) is 2. The first-order chi connectivity index (χ1) is 13.0. The van der Waals surface area contributed by atoms with Gasteiger partial charge < -0.3 is 15.0 Å². The Morgan fingerprint density at radius 3 is 2.33 bits per heavy atom. The van der Waals surface area contributed by atoms with Gasteiger partial charge in [-0.25, -0.2) is 4.79 Å². The van der Waals surface area contributed by atoms with Gasteiger partial charge in [0.1, 0.15) is 11.4 Å². The highest BCUT2D eigenvalue weighted by atomic mass is 16.5. The molecular formula is C21H21N3O3. The van der Waals surface area contributed by atoms with Crippen LogP contribution in [0, 0.1) is 0 Å². The van der Waals surface area contributed by atoms with Gasteiger partial charge in [0.2, 0.25) is 0 Å². The smallest absolute Gasteiger partial charge is 0.346 e. The zero-order valence-electron chi connectivity index (χ0n) is 15.4. The Hall–Kier alpha value is -3.41. The molecule has 2 N–H and O–H groups in total. The molecule has 27 heavy (non-hydrogen) atoms. The van der Waals surface area contributed by atoms with E-state index >= 15 is 0 Å². The molecule has 0 bridgehead atoms. The summed E-state index contributed by atoms with van der Waals surface area (Å²) in [7, 11) is 1.58. The number of rotatable bonds is 5. The lowest BCUT2D eigenvalue weighted by molar-refractivity contribution is 0.102. The molecule has 1 heterocycles. The average Bonchev–Trinajstić information content (AvgIpc) is 2.68. The Kier molecular flexibility index (Phi) is 5.35. The molecule has 0 aliphatic rings. The topological polar surface area (TPSA) is 84.1 Å². The van der Waals surface area contributed by atoms with E-state index in [0.29, 0.717) is 23.0 Å². The molecule has 1 amide bonds. The van der Waals surface area contributed by atoms with Crippen LogP contribution in [-0.2, 0) is 0 Å². The number of anilines is 1. The lowest BCUT2D eigenvalue weighted by atomic mass is 10.0. The average molecular weight is 363 g/mol. The van der Waals surface area contributed by atoms with Crippen molar-refractivity contribution in [3.8, 4) is 17.0 Å². The fourth-order valence-corrected chi connectivity index (χ4v) is 2.64. The molecule has 6 nitrogen and oxygen atoms in total. The van der Waals surface area contributed by atoms with E-state index < -0.39 is 11.6 Å². The maximum atomic E-state index is 12.5. The zero-order chi connectivity index (χ0) is 19.4. The highest BCUT2D eigenvalue weighted by Crippen LogP contribution is 2.21. The van der Waals surface area contributed by atoms with Gasteiger partial charge in [-0.1, -0.05) is 26.0 Å². The normalized spacial score (nSPS) is 10.7. The molecule has 0 aliphatic carbocycles. The van der Waals surface area contributed by atoms with Crippen molar-refractivity contribution < 1.29 is 9.53 Å². The van der Waals surface area contributed by atoms with Gasteiger partial charge in [0.15, 0.2) is 0 Å². The number of hydrogen-bond acceptors (Lipinski definition) is 4. The number of nitrogens with zero attached hydrogens (tertiary/aromatic N) is 1. The van der Waals surface area contributed by atoms with E-state index in [1.807, 2.05) is 24.3 Å². The number of benzene rings is 2. The number of aromatic amines is 1. The van der Waals surface area contributed by atoms with E-state index in [9.17, 15) is 9.59 Å². The third kappa shape index (κ3) is 4.41. The number of methoxy groups -OCH3 is 1. The van der Waals surface area contributed by atoms with E-state index in [1.165, 1.54) is 5.56 Å². The van der Waals surface area contributed by atoms with E-state index in [-0.39, 0.29) is 5.69 Å². The van der Waals surface area contributed by atoms with Crippen LogP contribution in [0.3, 0.4) is 0 Å². The van der Waals surface area contributed by atoms with Crippen LogP contribution >= 0.6 is 0 Å². The summed E-state index contributed by atoms with van der Waals surface area (Å²) in [6.07, 6.45) is 0. The molecule has 0 atom stereocenters. The number of ether oxygens (including phenoxy) is 1. The molecule has 0 aliphatic heterocycles. The van der Waals surface area contributed by atoms with Gasteiger partial charge in [-0.05, 0) is 53.9 Å². The minimum Gasteiger partial charge on any atom is -0.497 e. The summed E-state index contributed by atoms with van der Waals surface area (Å²) < 4.78 is 5.13. The van der Waals surface area contributed by atoms with Crippen LogP contribution in [0.1, 0.15) is 35.8 Å². The van der Waals surface area contributed by atoms with Crippen molar-refractivity contribution in [2.24, 2.45) is 0 Å². The first-order valence-electron chi connectivity index (χ1n) is 8.63. The lowest BCUT2D eigenvalue weighted by Crippen LogP contribution is -2.21. The molecule has 0 saturated heterocycles. The van der Waals surface area contributed by atoms with Gasteiger partial charge in [-0.3, -0.25) is 4.79 Å². The number of carbonyl (C=O) groups excluding carboxylic acids is 1. The van der Waals surface area contributed by atoms with Gasteiger partial charge in [0.25, 0.3) is 5.91 Å². The monoisotopic (exact) mass is 363 g/mol. The van der Waals surface area contributed by atoms with Gasteiger partial charge >= 0.3 is 5.69 Å². The Labute approximate surface area is 157 Å². The first kappa shape index (κ1) is 18.4. The van der Waals surface area contributed by atoms with Crippen molar-refractivity contribution in [2.75, 3.05) is 12.4 Å². The van der Waals surface area contributed by atoms with Crippen LogP contribution in [-0.4, -0.2) is 23.0 Å². The molecule has 1 aromatic heterocycles. The summed E-state index contributed by atoms with van der Waals surface area (Å²) in [5.41, 5.74) is 2.55. The second-order valence-corrected chi connectivity index (χ2v) is 6.44. The van der Waals surface area contributed by atoms with Crippen molar-refractivity contribution in [3.63, 3.8) is 0 Å². The zero-order valence-corrected chi connectivity index (χ0v) is 15.4. The van der Waals surface area contributed by atoms with Gasteiger partial charge in [0, 0.05) is 11.3 Å². The second-order valence-electron chi connectivity index (χ2n) is 6.44. The molecule has 3 aromatic rings. The van der Waals surface area contributed by atoms with Gasteiger partial charge in [-0.15, -0.1) is 0 Å². The lowest BCUT2D eigenvalue weighted by Gasteiger charge is -2.09. The largest absolute Gasteiger partial charge is 0.497 e. The quantitative estimate of drug-likeness (QED) is 0.722. The standard InChI is InChI=1S/C21H21N3O3/c1-13(2)14-4-8-16(9-5-14)22-20(25)19-12-18(23-21(26)24-19)15-6-10-17(27-3)11-7-15/h4-13H,1-3H3,(H,22,25)(H,23,24,26). The maximum Gasteiger partial charge on any atom is 0.346 e. The molecule has 0 fully saturated rings. The van der Waals surface area contributed by atoms with Crippen LogP contribution in [0.15, 0.2) is 59.4 Å². The van der Waals surface area contributed by atoms with Gasteiger partial charge in [0.05, 0.1) is 12.8 Å². The third-order valence-electron chi connectivity index (χ3n) is 4.21. The van der Waals surface area contributed by atoms with Gasteiger partial charge in [-0.2, -0.15) is 4.98 Å². The number of carbonyl (C=O) groups is 1. The second kappa shape index (κ2) is 7.86. The SMILES string of the molecule is COc1ccc(-c2cc(C(=O)Nc3ccc(C(C)C)cc3)[nH]c(=O)n2)cc1. The van der Waals surface area contributed by atoms with Crippen LogP contribution in [0.5, 0.6) is 5.75 Å². The summed E-state index contributed by atoms with van der Waals surface area (Å²) in [5.74, 6) is 0.714. The molecule has 2 aromatic carbocycles. The van der Waals surface area contributed by atoms with Crippen molar-refractivity contribution in [1.82, 2.24) is 9.97 Å². The summed E-state index contributed by atoms with van der Waals surface area (Å²) in [4.78, 5) is 30.9. The molecule has 3 rings (SSSR count). The van der Waals surface area contributed by atoms with Crippen LogP contribution in [0.4, 0.5) is 5.69 Å². The van der Waals surface area contributed by atoms with E-state index in [1.54, 1.807) is 37.4 Å². The minimum atomic E-state index is -0.580. The molecule has 138 valence electrons. The number of hydrogen-bond donors (Lipinski definition) is 2. The Bertz CT molecular complexity index is 990. The third-order valence-corrected chi connectivity index (χ3v) is 4.21. The summed E-state index contributed by atoms with van der Waals surface area (Å²) in [6, 6.07) is 16.3. The Morgan fingerprint density at radius 2 is 1.74 bits per heavy atom. The van der Waals surface area contributed by atoms with E-state index in [4.69, 9.17) is 4.74 Å². The minimum absolute atomic E-state index is 0.147. The number of aromatic nitrogens is 2. The molecule has 0 saturated carbocycles. The Balaban J connectivity index is 1.84. The molecule has 0 unspecified atom stereocenters. The summed E-state index contributed by atoms with van der Waals surface area (Å²) >= 11 is 0. The number of H-pyrrole nitrogens is 1. The predicted octanol–water partition coefficient (Wildman–Crippen LogP) is 3.82. The number of amides is 1. The summed E-state index contributed by atoms with van der Waals surface area (Å²) in [6.45, 7) is 4.21. The highest BCUT2D eigenvalue weighted by Gasteiger charge is 2.11. The predicted molar refractivity (Wildman–Crippen MR) is 105 cm³/mol. The van der Waals surface area contributed by atoms with Crippen molar-refractivity contribution in [3.05, 3.63) is 76.3 Å². The van der Waals surface area contributed by atoms with E-state index in [0.717, 1.165) is 5.56 Å². The van der Waals surface area contributed by atoms with Crippen molar-refractivity contribution >= 4 is 11.6 Å². The van der Waals surface area contributed by atoms with E-state index in [2.05, 4.69) is 29.1 Å². The summed E-state index contributed by atoms with van der Waals surface area (Å²) in [5, 5.41) is 2.79. The maximum absolute atomic E-state index is 12.5. The van der Waals surface area contributed by atoms with Crippen LogP contribution < -0.4 is 15.7 Å². The molecular weight excluding hydrogens is 342 g/mol. The van der Waals surface area contributed by atoms with Crippen LogP contribution in [0.25, 0.3) is 11.3 Å². The molecule has 6 heteroatoms. The van der Waals surface area contributed by atoms with Crippen molar-refractivity contribution in [2.45, 2.75) is 19.8 Å². The van der Waals surface area contributed by atoms with Crippen molar-refractivity contribution in [1.29, 1.82) is 0 Å². The first-order valence-corrected chi connectivity index (χ1v) is 8.63. The highest BCUT2D eigenvalue weighted by molar-refractivity contribution is 6.03. The molecule has 0 spiro atoms. The Morgan fingerprint density at radius 1 is 1.07 bits per heavy atom.